The van der Waals surface area contributed by atoms with Gasteiger partial charge in [-0.3, -0.25) is 0 Å². The Hall–Kier alpha value is -1.13. The summed E-state index contributed by atoms with van der Waals surface area (Å²) in [6.45, 7) is 4.40. The van der Waals surface area contributed by atoms with E-state index in [1.165, 1.54) is 12.8 Å². The maximum Gasteiger partial charge on any atom is 0.128 e. The number of nitrogen functional groups attached to an aromatic ring is 1. The Kier molecular flexibility index (Phi) is 4.35. The van der Waals surface area contributed by atoms with Gasteiger partial charge in [-0.05, 0) is 51.4 Å². The largest absolute Gasteiger partial charge is 0.383 e. The Labute approximate surface area is 122 Å². The number of likely N-dealkylation sites (N-methyl/N-ethyl adjacent to an activating group) is 1. The van der Waals surface area contributed by atoms with E-state index in [1.54, 1.807) is 6.20 Å². The molecule has 1 aliphatic carbocycles. The van der Waals surface area contributed by atoms with Crippen LogP contribution in [0.2, 0.25) is 0 Å². The van der Waals surface area contributed by atoms with Gasteiger partial charge in [0.15, 0.2) is 0 Å². The predicted molar refractivity (Wildman–Crippen MR) is 84.4 cm³/mol. The molecule has 112 valence electrons. The lowest BCUT2D eigenvalue weighted by atomic mass is 9.69. The Balaban J connectivity index is 2.44. The van der Waals surface area contributed by atoms with E-state index >= 15 is 0 Å². The molecule has 4 nitrogen and oxygen atoms in total. The lowest BCUT2D eigenvalue weighted by Gasteiger charge is -2.49. The van der Waals surface area contributed by atoms with E-state index in [0.29, 0.717) is 11.7 Å². The van der Waals surface area contributed by atoms with Crippen LogP contribution >= 0.6 is 0 Å². The maximum absolute atomic E-state index is 6.71. The van der Waals surface area contributed by atoms with Gasteiger partial charge in [-0.15, -0.1) is 0 Å². The molecule has 0 bridgehead atoms. The van der Waals surface area contributed by atoms with Gasteiger partial charge in [0, 0.05) is 17.3 Å². The Morgan fingerprint density at radius 3 is 2.70 bits per heavy atom. The van der Waals surface area contributed by atoms with Gasteiger partial charge < -0.3 is 16.4 Å². The molecular weight excluding hydrogens is 248 g/mol. The number of aryl methyl sites for hydroxylation is 1. The zero-order valence-electron chi connectivity index (χ0n) is 13.2. The normalized spacial score (nSPS) is 28.6. The van der Waals surface area contributed by atoms with Crippen molar-refractivity contribution in [1.29, 1.82) is 0 Å². The fourth-order valence-corrected chi connectivity index (χ4v) is 3.79. The van der Waals surface area contributed by atoms with Gasteiger partial charge in [0.2, 0.25) is 0 Å². The summed E-state index contributed by atoms with van der Waals surface area (Å²) in [5.41, 5.74) is 15.0. The minimum Gasteiger partial charge on any atom is -0.383 e. The average Bonchev–Trinajstić information content (AvgIpc) is 2.37. The molecule has 4 N–H and O–H groups in total. The lowest BCUT2D eigenvalue weighted by Crippen LogP contribution is -2.55. The van der Waals surface area contributed by atoms with Crippen LogP contribution in [-0.2, 0) is 0 Å². The highest BCUT2D eigenvalue weighted by molar-refractivity contribution is 5.47. The average molecular weight is 276 g/mol. The van der Waals surface area contributed by atoms with Crippen LogP contribution in [0.25, 0.3) is 0 Å². The van der Waals surface area contributed by atoms with Crippen molar-refractivity contribution in [2.75, 3.05) is 19.8 Å². The molecule has 2 rings (SSSR count). The maximum atomic E-state index is 6.71. The van der Waals surface area contributed by atoms with Crippen molar-refractivity contribution in [3.63, 3.8) is 0 Å². The molecule has 4 heteroatoms. The molecular formula is C16H28N4. The SMILES string of the molecule is Cc1ccnc(N)c1C(N)C1(N(C)C)CCCC(C)C1. The summed E-state index contributed by atoms with van der Waals surface area (Å²) in [5.74, 6) is 1.28. The quantitative estimate of drug-likeness (QED) is 0.890. The summed E-state index contributed by atoms with van der Waals surface area (Å²) in [5, 5.41) is 0. The van der Waals surface area contributed by atoms with E-state index in [9.17, 15) is 0 Å². The smallest absolute Gasteiger partial charge is 0.128 e. The van der Waals surface area contributed by atoms with Crippen molar-refractivity contribution in [2.24, 2.45) is 11.7 Å². The van der Waals surface area contributed by atoms with E-state index in [1.807, 2.05) is 6.07 Å². The summed E-state index contributed by atoms with van der Waals surface area (Å²) in [6, 6.07) is 1.91. The lowest BCUT2D eigenvalue weighted by molar-refractivity contribution is 0.0499. The van der Waals surface area contributed by atoms with Crippen molar-refractivity contribution >= 4 is 5.82 Å². The minimum atomic E-state index is -0.0889. The number of anilines is 1. The third-order valence-electron chi connectivity index (χ3n) is 5.03. The molecule has 1 aromatic rings. The molecule has 0 radical (unpaired) electrons. The van der Waals surface area contributed by atoms with Gasteiger partial charge in [0.25, 0.3) is 0 Å². The summed E-state index contributed by atoms with van der Waals surface area (Å²) >= 11 is 0. The van der Waals surface area contributed by atoms with Crippen molar-refractivity contribution in [1.82, 2.24) is 9.88 Å². The first-order chi connectivity index (χ1) is 9.38. The van der Waals surface area contributed by atoms with Gasteiger partial charge in [0.1, 0.15) is 5.82 Å². The highest BCUT2D eigenvalue weighted by Gasteiger charge is 2.43. The Morgan fingerprint density at radius 1 is 1.45 bits per heavy atom. The monoisotopic (exact) mass is 276 g/mol. The summed E-state index contributed by atoms with van der Waals surface area (Å²) in [6.07, 6.45) is 6.52. The van der Waals surface area contributed by atoms with Crippen molar-refractivity contribution in [3.8, 4) is 0 Å². The van der Waals surface area contributed by atoms with Crippen LogP contribution in [0.1, 0.15) is 49.8 Å². The molecule has 0 saturated heterocycles. The van der Waals surface area contributed by atoms with Crippen LogP contribution in [0.5, 0.6) is 0 Å². The zero-order valence-corrected chi connectivity index (χ0v) is 13.2. The summed E-state index contributed by atoms with van der Waals surface area (Å²) in [4.78, 5) is 6.55. The topological polar surface area (TPSA) is 68.2 Å². The van der Waals surface area contributed by atoms with E-state index in [0.717, 1.165) is 24.0 Å². The number of rotatable bonds is 3. The summed E-state index contributed by atoms with van der Waals surface area (Å²) in [7, 11) is 4.28. The molecule has 3 unspecified atom stereocenters. The highest BCUT2D eigenvalue weighted by Crippen LogP contribution is 2.44. The van der Waals surface area contributed by atoms with E-state index < -0.39 is 0 Å². The fourth-order valence-electron chi connectivity index (χ4n) is 3.79. The zero-order chi connectivity index (χ0) is 14.9. The first kappa shape index (κ1) is 15.3. The van der Waals surface area contributed by atoms with Crippen LogP contribution in [-0.4, -0.2) is 29.5 Å². The van der Waals surface area contributed by atoms with Crippen LogP contribution in [0.3, 0.4) is 0 Å². The summed E-state index contributed by atoms with van der Waals surface area (Å²) < 4.78 is 0. The first-order valence-electron chi connectivity index (χ1n) is 7.52. The third kappa shape index (κ3) is 2.54. The number of hydrogen-bond donors (Lipinski definition) is 2. The van der Waals surface area contributed by atoms with E-state index in [2.05, 4.69) is 37.8 Å². The molecule has 0 amide bonds. The second-order valence-corrected chi connectivity index (χ2v) is 6.60. The van der Waals surface area contributed by atoms with E-state index in [4.69, 9.17) is 11.5 Å². The van der Waals surface area contributed by atoms with Crippen molar-refractivity contribution < 1.29 is 0 Å². The van der Waals surface area contributed by atoms with Crippen molar-refractivity contribution in [3.05, 3.63) is 23.4 Å². The van der Waals surface area contributed by atoms with Crippen LogP contribution in [0.4, 0.5) is 5.82 Å². The number of aromatic nitrogens is 1. The molecule has 20 heavy (non-hydrogen) atoms. The van der Waals surface area contributed by atoms with E-state index in [-0.39, 0.29) is 11.6 Å². The van der Waals surface area contributed by atoms with Crippen molar-refractivity contribution in [2.45, 2.75) is 51.1 Å². The second kappa shape index (κ2) is 5.70. The molecule has 1 aromatic heterocycles. The molecule has 1 saturated carbocycles. The standard InChI is InChI=1S/C16H28N4/c1-11-6-5-8-16(10-11,20(3)4)14(17)13-12(2)7-9-19-15(13)18/h7,9,11,14H,5-6,8,10,17H2,1-4H3,(H2,18,19). The first-order valence-corrected chi connectivity index (χ1v) is 7.52. The van der Waals surface area contributed by atoms with Gasteiger partial charge in [-0.25, -0.2) is 4.98 Å². The predicted octanol–water partition coefficient (Wildman–Crippen LogP) is 2.48. The molecule has 0 aliphatic heterocycles. The third-order valence-corrected chi connectivity index (χ3v) is 5.03. The van der Waals surface area contributed by atoms with Crippen LogP contribution in [0.15, 0.2) is 12.3 Å². The molecule has 0 spiro atoms. The molecule has 0 aromatic carbocycles. The number of nitrogens with zero attached hydrogens (tertiary/aromatic N) is 2. The Morgan fingerprint density at radius 2 is 2.15 bits per heavy atom. The number of nitrogens with two attached hydrogens (primary N) is 2. The van der Waals surface area contributed by atoms with Gasteiger partial charge >= 0.3 is 0 Å². The minimum absolute atomic E-state index is 0.0143. The number of pyridine rings is 1. The van der Waals surface area contributed by atoms with Gasteiger partial charge in [-0.2, -0.15) is 0 Å². The van der Waals surface area contributed by atoms with Gasteiger partial charge in [-0.1, -0.05) is 19.8 Å². The second-order valence-electron chi connectivity index (χ2n) is 6.60. The number of hydrogen-bond acceptors (Lipinski definition) is 4. The van der Waals surface area contributed by atoms with Crippen LogP contribution in [0, 0.1) is 12.8 Å². The molecule has 3 atom stereocenters. The fraction of sp³-hybridized carbons (Fsp3) is 0.688. The van der Waals surface area contributed by atoms with Crippen LogP contribution < -0.4 is 11.5 Å². The Bertz CT molecular complexity index is 451. The van der Waals surface area contributed by atoms with Gasteiger partial charge in [0.05, 0.1) is 6.04 Å². The highest BCUT2D eigenvalue weighted by atomic mass is 15.2. The molecule has 1 fully saturated rings. The molecule has 1 aliphatic rings. The molecule has 1 heterocycles.